The molecule has 0 spiro atoms. The summed E-state index contributed by atoms with van der Waals surface area (Å²) in [7, 11) is 2.07. The number of ether oxygens (including phenoxy) is 1. The van der Waals surface area contributed by atoms with Gasteiger partial charge in [0.15, 0.2) is 0 Å². The van der Waals surface area contributed by atoms with Crippen LogP contribution in [0, 0.1) is 5.92 Å². The van der Waals surface area contributed by atoms with E-state index in [9.17, 15) is 0 Å². The lowest BCUT2D eigenvalue weighted by atomic mass is 9.95. The highest BCUT2D eigenvalue weighted by Gasteiger charge is 2.22. The average molecular weight is 173 g/mol. The molecule has 0 saturated heterocycles. The molecule has 0 unspecified atom stereocenters. The maximum absolute atomic E-state index is 5.77. The van der Waals surface area contributed by atoms with Gasteiger partial charge in [-0.05, 0) is 33.4 Å². The third kappa shape index (κ3) is 4.07. The van der Waals surface area contributed by atoms with Gasteiger partial charge in [-0.2, -0.15) is 0 Å². The lowest BCUT2D eigenvalue weighted by Gasteiger charge is -2.31. The van der Waals surface area contributed by atoms with E-state index in [1.165, 1.54) is 0 Å². The molecule has 0 radical (unpaired) electrons. The van der Waals surface area contributed by atoms with Gasteiger partial charge in [0.2, 0.25) is 0 Å². The Bertz CT molecular complexity index is 121. The standard InChI is InChI=1S/C10H23NO/c1-7-11(6)8-12-10(4,5)9(2)3/h9H,7-8H2,1-6H3. The molecule has 74 valence electrons. The van der Waals surface area contributed by atoms with Crippen LogP contribution in [0.25, 0.3) is 0 Å². The van der Waals surface area contributed by atoms with Crippen LogP contribution in [0.1, 0.15) is 34.6 Å². The van der Waals surface area contributed by atoms with E-state index in [4.69, 9.17) is 4.74 Å². The van der Waals surface area contributed by atoms with Crippen molar-refractivity contribution in [2.45, 2.75) is 40.2 Å². The van der Waals surface area contributed by atoms with Crippen molar-refractivity contribution in [2.75, 3.05) is 20.3 Å². The second-order valence-electron chi connectivity index (χ2n) is 4.20. The van der Waals surface area contributed by atoms with Crippen LogP contribution in [-0.4, -0.2) is 30.8 Å². The number of rotatable bonds is 5. The summed E-state index contributed by atoms with van der Waals surface area (Å²) < 4.78 is 5.77. The first-order valence-electron chi connectivity index (χ1n) is 4.72. The predicted molar refractivity (Wildman–Crippen MR) is 53.2 cm³/mol. The van der Waals surface area contributed by atoms with E-state index in [0.717, 1.165) is 13.3 Å². The molecule has 0 bridgehead atoms. The summed E-state index contributed by atoms with van der Waals surface area (Å²) in [5, 5.41) is 0. The molecule has 0 heterocycles. The monoisotopic (exact) mass is 173 g/mol. The molecular weight excluding hydrogens is 150 g/mol. The molecule has 2 nitrogen and oxygen atoms in total. The Morgan fingerprint density at radius 1 is 1.33 bits per heavy atom. The normalized spacial score (nSPS) is 13.0. The molecular formula is C10H23NO. The Morgan fingerprint density at radius 3 is 2.17 bits per heavy atom. The Labute approximate surface area is 76.9 Å². The van der Waals surface area contributed by atoms with E-state index in [1.54, 1.807) is 0 Å². The Balaban J connectivity index is 3.75. The Hall–Kier alpha value is -0.0800. The van der Waals surface area contributed by atoms with Gasteiger partial charge in [0, 0.05) is 0 Å². The Morgan fingerprint density at radius 2 is 1.83 bits per heavy atom. The highest BCUT2D eigenvalue weighted by atomic mass is 16.5. The molecule has 0 aliphatic carbocycles. The molecule has 0 aromatic carbocycles. The van der Waals surface area contributed by atoms with E-state index in [2.05, 4.69) is 46.6 Å². The van der Waals surface area contributed by atoms with Gasteiger partial charge in [0.1, 0.15) is 0 Å². The summed E-state index contributed by atoms with van der Waals surface area (Å²) in [6, 6.07) is 0. The van der Waals surface area contributed by atoms with E-state index in [-0.39, 0.29) is 5.60 Å². The number of nitrogens with zero attached hydrogens (tertiary/aromatic N) is 1. The fourth-order valence-corrected chi connectivity index (χ4v) is 0.535. The van der Waals surface area contributed by atoms with Crippen LogP contribution in [0.4, 0.5) is 0 Å². The molecule has 2 heteroatoms. The summed E-state index contributed by atoms with van der Waals surface area (Å²) in [5.74, 6) is 0.558. The first kappa shape index (κ1) is 11.9. The third-order valence-corrected chi connectivity index (χ3v) is 2.59. The van der Waals surface area contributed by atoms with Gasteiger partial charge in [-0.3, -0.25) is 4.90 Å². The van der Waals surface area contributed by atoms with Crippen LogP contribution < -0.4 is 0 Å². The number of hydrogen-bond donors (Lipinski definition) is 0. The fraction of sp³-hybridized carbons (Fsp3) is 1.00. The first-order valence-corrected chi connectivity index (χ1v) is 4.72. The van der Waals surface area contributed by atoms with Crippen molar-refractivity contribution in [1.29, 1.82) is 0 Å². The van der Waals surface area contributed by atoms with Gasteiger partial charge < -0.3 is 4.74 Å². The van der Waals surface area contributed by atoms with Crippen LogP contribution >= 0.6 is 0 Å². The second-order valence-corrected chi connectivity index (χ2v) is 4.20. The third-order valence-electron chi connectivity index (χ3n) is 2.59. The van der Waals surface area contributed by atoms with Gasteiger partial charge in [-0.1, -0.05) is 20.8 Å². The summed E-state index contributed by atoms with van der Waals surface area (Å²) in [5.41, 5.74) is -0.0105. The SMILES string of the molecule is CCN(C)COC(C)(C)C(C)C. The molecule has 0 aromatic rings. The average Bonchev–Trinajstić information content (AvgIpc) is 2.00. The zero-order valence-electron chi connectivity index (χ0n) is 9.35. The van der Waals surface area contributed by atoms with Gasteiger partial charge in [-0.25, -0.2) is 0 Å². The summed E-state index contributed by atoms with van der Waals surface area (Å²) in [4.78, 5) is 2.16. The van der Waals surface area contributed by atoms with Crippen molar-refractivity contribution < 1.29 is 4.74 Å². The van der Waals surface area contributed by atoms with Crippen molar-refractivity contribution in [1.82, 2.24) is 4.90 Å². The number of hydrogen-bond acceptors (Lipinski definition) is 2. The zero-order chi connectivity index (χ0) is 9.78. The second kappa shape index (κ2) is 4.83. The van der Waals surface area contributed by atoms with Gasteiger partial charge >= 0.3 is 0 Å². The van der Waals surface area contributed by atoms with Crippen molar-refractivity contribution in [2.24, 2.45) is 5.92 Å². The van der Waals surface area contributed by atoms with Crippen LogP contribution in [0.15, 0.2) is 0 Å². The maximum atomic E-state index is 5.77. The van der Waals surface area contributed by atoms with E-state index in [0.29, 0.717) is 5.92 Å². The molecule has 0 aliphatic rings. The van der Waals surface area contributed by atoms with Crippen molar-refractivity contribution in [3.63, 3.8) is 0 Å². The van der Waals surface area contributed by atoms with E-state index < -0.39 is 0 Å². The van der Waals surface area contributed by atoms with Gasteiger partial charge in [-0.15, -0.1) is 0 Å². The van der Waals surface area contributed by atoms with Gasteiger partial charge in [0.25, 0.3) is 0 Å². The topological polar surface area (TPSA) is 12.5 Å². The fourth-order valence-electron chi connectivity index (χ4n) is 0.535. The van der Waals surface area contributed by atoms with Crippen LogP contribution in [0.5, 0.6) is 0 Å². The van der Waals surface area contributed by atoms with Crippen LogP contribution in [0.2, 0.25) is 0 Å². The van der Waals surface area contributed by atoms with E-state index >= 15 is 0 Å². The molecule has 0 rings (SSSR count). The smallest absolute Gasteiger partial charge is 0.0995 e. The first-order chi connectivity index (χ1) is 5.40. The largest absolute Gasteiger partial charge is 0.360 e. The molecule has 0 saturated carbocycles. The Kier molecular flexibility index (Phi) is 4.80. The van der Waals surface area contributed by atoms with Crippen molar-refractivity contribution >= 4 is 0 Å². The zero-order valence-corrected chi connectivity index (χ0v) is 9.35. The predicted octanol–water partition coefficient (Wildman–Crippen LogP) is 2.35. The molecule has 0 N–H and O–H groups in total. The molecule has 0 aliphatic heterocycles. The van der Waals surface area contributed by atoms with Gasteiger partial charge in [0.05, 0.1) is 12.3 Å². The van der Waals surface area contributed by atoms with Crippen LogP contribution in [0.3, 0.4) is 0 Å². The lowest BCUT2D eigenvalue weighted by molar-refractivity contribution is -0.0906. The molecule has 0 amide bonds. The molecule has 12 heavy (non-hydrogen) atoms. The molecule has 0 fully saturated rings. The van der Waals surface area contributed by atoms with Crippen molar-refractivity contribution in [3.8, 4) is 0 Å². The minimum absolute atomic E-state index is 0.0105. The summed E-state index contributed by atoms with van der Waals surface area (Å²) >= 11 is 0. The highest BCUT2D eigenvalue weighted by molar-refractivity contribution is 4.72. The van der Waals surface area contributed by atoms with Crippen molar-refractivity contribution in [3.05, 3.63) is 0 Å². The highest BCUT2D eigenvalue weighted by Crippen LogP contribution is 2.19. The molecule has 0 aromatic heterocycles. The minimum Gasteiger partial charge on any atom is -0.360 e. The minimum atomic E-state index is -0.0105. The van der Waals surface area contributed by atoms with Crippen LogP contribution in [-0.2, 0) is 4.74 Å². The maximum Gasteiger partial charge on any atom is 0.0995 e. The lowest BCUT2D eigenvalue weighted by Crippen LogP contribution is -2.35. The molecule has 0 atom stereocenters. The summed E-state index contributed by atoms with van der Waals surface area (Å²) in [6.07, 6.45) is 0. The summed E-state index contributed by atoms with van der Waals surface area (Å²) in [6.45, 7) is 12.5. The quantitative estimate of drug-likeness (QED) is 0.592. The van der Waals surface area contributed by atoms with E-state index in [1.807, 2.05) is 0 Å².